The second-order valence-corrected chi connectivity index (χ2v) is 2.71. The number of aliphatic carboxylic acids is 1. The van der Waals surface area contributed by atoms with E-state index in [1.54, 1.807) is 5.98 Å². The lowest BCUT2D eigenvalue weighted by Gasteiger charge is -1.92. The largest absolute Gasteiger partial charge is 0.478 e. The van der Waals surface area contributed by atoms with Gasteiger partial charge in [0.1, 0.15) is 0 Å². The van der Waals surface area contributed by atoms with Gasteiger partial charge in [0.2, 0.25) is 0 Å². The summed E-state index contributed by atoms with van der Waals surface area (Å²) in [6.45, 7) is 3.88. The minimum atomic E-state index is -0.907. The molecule has 0 aromatic heterocycles. The normalized spacial score (nSPS) is 13.1. The molecule has 0 atom stereocenters. The predicted octanol–water partition coefficient (Wildman–Crippen LogP) is 2.06. The first-order valence-corrected chi connectivity index (χ1v) is 4.54. The second-order valence-electron chi connectivity index (χ2n) is 2.71. The maximum absolute atomic E-state index is 10.2. The summed E-state index contributed by atoms with van der Waals surface area (Å²) in [5.41, 5.74) is 1.09. The lowest BCUT2D eigenvalue weighted by atomic mass is 9.69. The third kappa shape index (κ3) is 7.16. The molecule has 0 bridgehead atoms. The van der Waals surface area contributed by atoms with Crippen LogP contribution >= 0.6 is 0 Å². The lowest BCUT2D eigenvalue weighted by molar-refractivity contribution is -0.131. The van der Waals surface area contributed by atoms with Gasteiger partial charge in [-0.05, 0) is 13.8 Å². The third-order valence-corrected chi connectivity index (χ3v) is 1.50. The molecule has 74 valence electrons. The van der Waals surface area contributed by atoms with Crippen LogP contribution < -0.4 is 0 Å². The van der Waals surface area contributed by atoms with Crippen LogP contribution in [0.1, 0.15) is 13.8 Å². The average molecular weight is 190 g/mol. The number of hydrogen-bond donors (Lipinski definition) is 1. The number of carboxylic acid groups (broad SMARTS) is 1. The summed E-state index contributed by atoms with van der Waals surface area (Å²) in [5, 5.41) is 8.39. The smallest absolute Gasteiger partial charge is 0.327 e. The molecule has 0 fully saturated rings. The molecule has 0 rings (SSSR count). The van der Waals surface area contributed by atoms with Crippen molar-refractivity contribution in [2.45, 2.75) is 13.8 Å². The molecule has 0 aliphatic heterocycles. The SMILES string of the molecule is C\C=C/C=C(B/C=C/C(=O)O)\C=C/C. The first-order valence-electron chi connectivity index (χ1n) is 4.54. The summed E-state index contributed by atoms with van der Waals surface area (Å²) >= 11 is 0. The van der Waals surface area contributed by atoms with Gasteiger partial charge in [0, 0.05) is 6.08 Å². The zero-order valence-corrected chi connectivity index (χ0v) is 8.60. The monoisotopic (exact) mass is 190 g/mol. The average Bonchev–Trinajstić information content (AvgIpc) is 2.13. The molecule has 1 N–H and O–H groups in total. The molecule has 0 radical (unpaired) electrons. The number of hydrogen-bond acceptors (Lipinski definition) is 1. The van der Waals surface area contributed by atoms with Crippen molar-refractivity contribution in [3.63, 3.8) is 0 Å². The molecule has 0 unspecified atom stereocenters. The van der Waals surface area contributed by atoms with E-state index in [9.17, 15) is 4.79 Å². The fourth-order valence-electron chi connectivity index (χ4n) is 0.921. The summed E-state index contributed by atoms with van der Waals surface area (Å²) in [5.74, 6) is 0.730. The molecule has 0 aliphatic rings. The van der Waals surface area contributed by atoms with Crippen molar-refractivity contribution >= 4 is 13.2 Å². The van der Waals surface area contributed by atoms with Crippen molar-refractivity contribution in [2.75, 3.05) is 0 Å². The molecule has 0 amide bonds. The van der Waals surface area contributed by atoms with Crippen LogP contribution in [-0.2, 0) is 4.79 Å². The van der Waals surface area contributed by atoms with E-state index in [4.69, 9.17) is 5.11 Å². The Bertz CT molecular complexity index is 286. The molecule has 0 saturated heterocycles. The van der Waals surface area contributed by atoms with E-state index < -0.39 is 5.97 Å². The van der Waals surface area contributed by atoms with Crippen molar-refractivity contribution in [3.05, 3.63) is 47.9 Å². The van der Waals surface area contributed by atoms with Crippen molar-refractivity contribution in [2.24, 2.45) is 0 Å². The zero-order valence-electron chi connectivity index (χ0n) is 8.60. The minimum Gasteiger partial charge on any atom is -0.478 e. The molecule has 14 heavy (non-hydrogen) atoms. The van der Waals surface area contributed by atoms with Crippen LogP contribution in [0.25, 0.3) is 0 Å². The van der Waals surface area contributed by atoms with Crippen molar-refractivity contribution in [1.82, 2.24) is 0 Å². The maximum Gasteiger partial charge on any atom is 0.327 e. The van der Waals surface area contributed by atoms with Crippen LogP contribution in [0.5, 0.6) is 0 Å². The Kier molecular flexibility index (Phi) is 7.24. The Labute approximate surface area is 85.6 Å². The van der Waals surface area contributed by atoms with E-state index in [1.165, 1.54) is 0 Å². The van der Waals surface area contributed by atoms with E-state index >= 15 is 0 Å². The maximum atomic E-state index is 10.2. The second kappa shape index (κ2) is 8.11. The topological polar surface area (TPSA) is 37.3 Å². The molecular weight excluding hydrogens is 175 g/mol. The minimum absolute atomic E-state index is 0.640. The summed E-state index contributed by atoms with van der Waals surface area (Å²) in [7, 11) is 0.640. The molecule has 0 spiro atoms. The summed E-state index contributed by atoms with van der Waals surface area (Å²) in [4.78, 5) is 10.2. The molecule has 0 heterocycles. The van der Waals surface area contributed by atoms with Crippen LogP contribution in [0.4, 0.5) is 0 Å². The lowest BCUT2D eigenvalue weighted by Crippen LogP contribution is -1.93. The molecule has 0 aliphatic carbocycles. The van der Waals surface area contributed by atoms with Crippen molar-refractivity contribution in [3.8, 4) is 0 Å². The zero-order chi connectivity index (χ0) is 10.8. The summed E-state index contributed by atoms with van der Waals surface area (Å²) in [6.07, 6.45) is 10.9. The predicted molar refractivity (Wildman–Crippen MR) is 61.6 cm³/mol. The number of carbonyl (C=O) groups is 1. The Morgan fingerprint density at radius 1 is 1.21 bits per heavy atom. The van der Waals surface area contributed by atoms with Gasteiger partial charge in [-0.15, -0.1) is 5.98 Å². The summed E-state index contributed by atoms with van der Waals surface area (Å²) in [6, 6.07) is 0. The third-order valence-electron chi connectivity index (χ3n) is 1.50. The van der Waals surface area contributed by atoms with E-state index in [2.05, 4.69) is 0 Å². The number of allylic oxidation sites excluding steroid dienone is 6. The highest BCUT2D eigenvalue weighted by Crippen LogP contribution is 1.96. The number of carboxylic acids is 1. The Balaban J connectivity index is 4.31. The van der Waals surface area contributed by atoms with Crippen molar-refractivity contribution in [1.29, 1.82) is 0 Å². The van der Waals surface area contributed by atoms with Gasteiger partial charge in [-0.2, -0.15) is 0 Å². The Morgan fingerprint density at radius 2 is 1.93 bits per heavy atom. The first kappa shape index (κ1) is 12.5. The molecule has 0 saturated carbocycles. The van der Waals surface area contributed by atoms with Gasteiger partial charge < -0.3 is 5.11 Å². The highest BCUT2D eigenvalue weighted by molar-refractivity contribution is 6.52. The van der Waals surface area contributed by atoms with Gasteiger partial charge in [-0.25, -0.2) is 4.79 Å². The van der Waals surface area contributed by atoms with Crippen molar-refractivity contribution < 1.29 is 9.90 Å². The van der Waals surface area contributed by atoms with Gasteiger partial charge in [-0.1, -0.05) is 35.9 Å². The number of rotatable bonds is 5. The Hall–Kier alpha value is -1.51. The van der Waals surface area contributed by atoms with Gasteiger partial charge in [0.05, 0.1) is 0 Å². The van der Waals surface area contributed by atoms with Crippen LogP contribution in [0.15, 0.2) is 47.9 Å². The molecule has 0 aromatic rings. The quantitative estimate of drug-likeness (QED) is 0.409. The van der Waals surface area contributed by atoms with Gasteiger partial charge in [-0.3, -0.25) is 0 Å². The molecular formula is C11H15BO2. The fraction of sp³-hybridized carbons (Fsp3) is 0.182. The van der Waals surface area contributed by atoms with Gasteiger partial charge in [0.15, 0.2) is 7.28 Å². The molecule has 0 aromatic carbocycles. The standard InChI is InChI=1S/C11H15BO2/c1-3-5-7-10(6-4-2)12-9-8-11(13)14/h3-9,12H,1-2H3,(H,13,14)/b5-3-,6-4-,9-8+,10-7+. The van der Waals surface area contributed by atoms with E-state index in [1.807, 2.05) is 44.2 Å². The Morgan fingerprint density at radius 3 is 2.43 bits per heavy atom. The van der Waals surface area contributed by atoms with Gasteiger partial charge >= 0.3 is 5.97 Å². The molecule has 3 heteroatoms. The molecule has 2 nitrogen and oxygen atoms in total. The van der Waals surface area contributed by atoms with E-state index in [-0.39, 0.29) is 0 Å². The fourth-order valence-corrected chi connectivity index (χ4v) is 0.921. The highest BCUT2D eigenvalue weighted by atomic mass is 16.4. The first-order chi connectivity index (χ1) is 6.70. The summed E-state index contributed by atoms with van der Waals surface area (Å²) < 4.78 is 0. The highest BCUT2D eigenvalue weighted by Gasteiger charge is 1.91. The van der Waals surface area contributed by atoms with Crippen LogP contribution in [-0.4, -0.2) is 18.4 Å². The van der Waals surface area contributed by atoms with E-state index in [0.29, 0.717) is 7.28 Å². The van der Waals surface area contributed by atoms with Crippen LogP contribution in [0, 0.1) is 0 Å². The van der Waals surface area contributed by atoms with Crippen LogP contribution in [0.2, 0.25) is 0 Å². The van der Waals surface area contributed by atoms with Crippen LogP contribution in [0.3, 0.4) is 0 Å². The van der Waals surface area contributed by atoms with E-state index in [0.717, 1.165) is 11.5 Å². The van der Waals surface area contributed by atoms with Gasteiger partial charge in [0.25, 0.3) is 0 Å².